The summed E-state index contributed by atoms with van der Waals surface area (Å²) >= 11 is 1.53. The second-order valence-electron chi connectivity index (χ2n) is 6.82. The smallest absolute Gasteiger partial charge is 0.412 e. The second kappa shape index (κ2) is 6.57. The minimum atomic E-state index is -0.336. The number of anilines is 1. The van der Waals surface area contributed by atoms with Crippen LogP contribution in [0, 0.1) is 5.41 Å². The lowest BCUT2D eigenvalue weighted by Crippen LogP contribution is -2.50. The highest BCUT2D eigenvalue weighted by Crippen LogP contribution is 2.40. The number of piperidine rings is 3. The molecule has 3 saturated heterocycles. The monoisotopic (exact) mass is 342 g/mol. The SMILES string of the molecule is O=C(Nc1sccc1-c1ccccc1)OCC12CCN(CC1)CC2. The maximum Gasteiger partial charge on any atom is 0.412 e. The fraction of sp³-hybridized carbons (Fsp3) is 0.421. The van der Waals surface area contributed by atoms with Crippen LogP contribution >= 0.6 is 11.3 Å². The molecule has 4 nitrogen and oxygen atoms in total. The average Bonchev–Trinajstić information content (AvgIpc) is 3.10. The molecule has 126 valence electrons. The van der Waals surface area contributed by atoms with E-state index in [0.717, 1.165) is 55.0 Å². The molecule has 4 heterocycles. The van der Waals surface area contributed by atoms with Crippen LogP contribution in [0.25, 0.3) is 11.1 Å². The van der Waals surface area contributed by atoms with Crippen LogP contribution in [0.1, 0.15) is 19.3 Å². The lowest BCUT2D eigenvalue weighted by Gasteiger charge is -2.47. The largest absolute Gasteiger partial charge is 0.449 e. The van der Waals surface area contributed by atoms with Gasteiger partial charge in [0.05, 0.1) is 6.61 Å². The van der Waals surface area contributed by atoms with E-state index in [9.17, 15) is 4.79 Å². The fourth-order valence-electron chi connectivity index (χ4n) is 3.71. The molecule has 5 heteroatoms. The first-order valence-corrected chi connectivity index (χ1v) is 9.41. The molecule has 3 aliphatic heterocycles. The highest BCUT2D eigenvalue weighted by Gasteiger charge is 2.40. The fourth-order valence-corrected chi connectivity index (χ4v) is 4.51. The molecule has 24 heavy (non-hydrogen) atoms. The number of benzene rings is 1. The number of thiophene rings is 1. The molecule has 3 aliphatic rings. The molecule has 1 N–H and O–H groups in total. The van der Waals surface area contributed by atoms with Gasteiger partial charge in [-0.1, -0.05) is 30.3 Å². The van der Waals surface area contributed by atoms with Crippen LogP contribution in [0.2, 0.25) is 0 Å². The highest BCUT2D eigenvalue weighted by atomic mass is 32.1. The molecule has 0 unspecified atom stereocenters. The molecule has 1 aromatic heterocycles. The van der Waals surface area contributed by atoms with Gasteiger partial charge >= 0.3 is 6.09 Å². The van der Waals surface area contributed by atoms with Crippen molar-refractivity contribution in [1.29, 1.82) is 0 Å². The van der Waals surface area contributed by atoms with Crippen LogP contribution < -0.4 is 5.32 Å². The minimum absolute atomic E-state index is 0.212. The van der Waals surface area contributed by atoms with E-state index in [1.165, 1.54) is 11.3 Å². The van der Waals surface area contributed by atoms with Crippen LogP contribution in [0.3, 0.4) is 0 Å². The Labute approximate surface area is 146 Å². The van der Waals surface area contributed by atoms with Gasteiger partial charge in [0.25, 0.3) is 0 Å². The zero-order valence-corrected chi connectivity index (χ0v) is 14.5. The van der Waals surface area contributed by atoms with Crippen LogP contribution in [-0.2, 0) is 4.74 Å². The second-order valence-corrected chi connectivity index (χ2v) is 7.74. The van der Waals surface area contributed by atoms with E-state index in [-0.39, 0.29) is 11.5 Å². The summed E-state index contributed by atoms with van der Waals surface area (Å²) in [6.07, 6.45) is 3.11. The topological polar surface area (TPSA) is 41.6 Å². The Bertz CT molecular complexity index is 691. The number of nitrogens with one attached hydrogen (secondary N) is 1. The van der Waals surface area contributed by atoms with Gasteiger partial charge in [-0.25, -0.2) is 4.79 Å². The summed E-state index contributed by atoms with van der Waals surface area (Å²) in [5.41, 5.74) is 2.36. The zero-order chi connectivity index (χ0) is 16.4. The molecule has 0 radical (unpaired) electrons. The summed E-state index contributed by atoms with van der Waals surface area (Å²) in [5, 5.41) is 5.77. The number of rotatable bonds is 4. The van der Waals surface area contributed by atoms with E-state index >= 15 is 0 Å². The maximum atomic E-state index is 12.3. The number of hydrogen-bond donors (Lipinski definition) is 1. The molecule has 2 aromatic rings. The first kappa shape index (κ1) is 15.7. The Morgan fingerprint density at radius 1 is 1.12 bits per heavy atom. The lowest BCUT2D eigenvalue weighted by molar-refractivity contribution is -0.0189. The van der Waals surface area contributed by atoms with Gasteiger partial charge in [0, 0.05) is 11.0 Å². The standard InChI is InChI=1S/C19H22N2O2S/c22-18(23-14-19-7-10-21(11-8-19)12-9-19)20-17-16(6-13-24-17)15-4-2-1-3-5-15/h1-6,13H,7-12,14H2,(H,20,22). The summed E-state index contributed by atoms with van der Waals surface area (Å²) in [4.78, 5) is 14.8. The summed E-state index contributed by atoms with van der Waals surface area (Å²) in [6, 6.07) is 12.1. The van der Waals surface area contributed by atoms with E-state index in [4.69, 9.17) is 4.74 Å². The maximum absolute atomic E-state index is 12.3. The zero-order valence-electron chi connectivity index (χ0n) is 13.7. The molecular weight excluding hydrogens is 320 g/mol. The molecule has 0 atom stereocenters. The van der Waals surface area contributed by atoms with Gasteiger partial charge in [0.15, 0.2) is 0 Å². The molecule has 1 amide bonds. The normalized spacial score (nSPS) is 25.4. The summed E-state index contributed by atoms with van der Waals surface area (Å²) in [5.74, 6) is 0. The summed E-state index contributed by atoms with van der Waals surface area (Å²) in [7, 11) is 0. The quantitative estimate of drug-likeness (QED) is 0.892. The third-order valence-corrected chi connectivity index (χ3v) is 6.18. The molecule has 3 fully saturated rings. The van der Waals surface area contributed by atoms with Gasteiger partial charge in [-0.3, -0.25) is 5.32 Å². The first-order chi connectivity index (χ1) is 11.7. The van der Waals surface area contributed by atoms with E-state index < -0.39 is 0 Å². The lowest BCUT2D eigenvalue weighted by atomic mass is 9.73. The Kier molecular flexibility index (Phi) is 4.29. The Balaban J connectivity index is 1.38. The molecule has 0 aliphatic carbocycles. The summed E-state index contributed by atoms with van der Waals surface area (Å²) < 4.78 is 5.60. The van der Waals surface area contributed by atoms with Gasteiger partial charge in [-0.15, -0.1) is 11.3 Å². The van der Waals surface area contributed by atoms with E-state index in [1.807, 2.05) is 41.8 Å². The van der Waals surface area contributed by atoms with Gasteiger partial charge in [-0.05, 0) is 55.9 Å². The first-order valence-electron chi connectivity index (χ1n) is 8.53. The van der Waals surface area contributed by atoms with Gasteiger partial charge in [0.2, 0.25) is 0 Å². The Hall–Kier alpha value is -1.85. The van der Waals surface area contributed by atoms with Crippen molar-refractivity contribution < 1.29 is 9.53 Å². The Morgan fingerprint density at radius 3 is 2.54 bits per heavy atom. The third-order valence-electron chi connectivity index (χ3n) is 5.35. The van der Waals surface area contributed by atoms with Gasteiger partial charge in [-0.2, -0.15) is 0 Å². The molecule has 5 rings (SSSR count). The van der Waals surface area contributed by atoms with Gasteiger partial charge in [0.1, 0.15) is 5.00 Å². The highest BCUT2D eigenvalue weighted by molar-refractivity contribution is 7.15. The number of ether oxygens (including phenoxy) is 1. The van der Waals surface area contributed by atoms with Crippen molar-refractivity contribution in [1.82, 2.24) is 4.90 Å². The van der Waals surface area contributed by atoms with Crippen LogP contribution in [0.4, 0.5) is 9.80 Å². The predicted molar refractivity (Wildman–Crippen MR) is 97.4 cm³/mol. The van der Waals surface area contributed by atoms with E-state index in [1.54, 1.807) is 0 Å². The number of nitrogens with zero attached hydrogens (tertiary/aromatic N) is 1. The number of hydrogen-bond acceptors (Lipinski definition) is 4. The van der Waals surface area contributed by atoms with Crippen molar-refractivity contribution in [3.63, 3.8) is 0 Å². The van der Waals surface area contributed by atoms with E-state index in [2.05, 4.69) is 10.2 Å². The van der Waals surface area contributed by atoms with Crippen molar-refractivity contribution in [2.45, 2.75) is 19.3 Å². The Morgan fingerprint density at radius 2 is 1.83 bits per heavy atom. The number of amides is 1. The summed E-state index contributed by atoms with van der Waals surface area (Å²) in [6.45, 7) is 3.98. The minimum Gasteiger partial charge on any atom is -0.449 e. The van der Waals surface area contributed by atoms with Crippen LogP contribution in [0.5, 0.6) is 0 Å². The number of carbonyl (C=O) groups excluding carboxylic acids is 1. The predicted octanol–water partition coefficient (Wildman–Crippen LogP) is 4.45. The number of fused-ring (bicyclic) bond motifs is 3. The van der Waals surface area contributed by atoms with Crippen molar-refractivity contribution in [3.05, 3.63) is 41.8 Å². The van der Waals surface area contributed by atoms with Crippen molar-refractivity contribution in [2.24, 2.45) is 5.41 Å². The van der Waals surface area contributed by atoms with Crippen molar-refractivity contribution in [2.75, 3.05) is 31.6 Å². The number of carbonyl (C=O) groups is 1. The third kappa shape index (κ3) is 3.19. The molecule has 0 saturated carbocycles. The van der Waals surface area contributed by atoms with Crippen molar-refractivity contribution >= 4 is 22.4 Å². The van der Waals surface area contributed by atoms with Crippen molar-refractivity contribution in [3.8, 4) is 11.1 Å². The molecular formula is C19H22N2O2S. The average molecular weight is 342 g/mol. The van der Waals surface area contributed by atoms with E-state index in [0.29, 0.717) is 6.61 Å². The van der Waals surface area contributed by atoms with Gasteiger partial charge < -0.3 is 9.64 Å². The van der Waals surface area contributed by atoms with Crippen LogP contribution in [-0.4, -0.2) is 37.2 Å². The van der Waals surface area contributed by atoms with Crippen LogP contribution in [0.15, 0.2) is 41.8 Å². The molecule has 0 spiro atoms. The molecule has 1 aromatic carbocycles. The molecule has 2 bridgehead atoms.